The van der Waals surface area contributed by atoms with Gasteiger partial charge in [-0.15, -0.1) is 0 Å². The monoisotopic (exact) mass is 281 g/mol. The number of nitrogens with two attached hydrogens (primary N) is 1. The molecule has 0 bridgehead atoms. The highest BCUT2D eigenvalue weighted by molar-refractivity contribution is 6.34. The summed E-state index contributed by atoms with van der Waals surface area (Å²) in [5.41, 5.74) is 7.38. The van der Waals surface area contributed by atoms with E-state index in [2.05, 4.69) is 17.0 Å². The van der Waals surface area contributed by atoms with Crippen LogP contribution in [0.4, 0.5) is 5.69 Å². The zero-order valence-corrected chi connectivity index (χ0v) is 11.9. The van der Waals surface area contributed by atoms with Crippen molar-refractivity contribution < 1.29 is 5.21 Å². The van der Waals surface area contributed by atoms with E-state index < -0.39 is 0 Å². The summed E-state index contributed by atoms with van der Waals surface area (Å²) in [6.45, 7) is 3.18. The summed E-state index contributed by atoms with van der Waals surface area (Å²) in [4.78, 5) is 2.34. The van der Waals surface area contributed by atoms with Crippen LogP contribution < -0.4 is 10.6 Å². The first kappa shape index (κ1) is 14.0. The maximum Gasteiger partial charge on any atom is 0.173 e. The van der Waals surface area contributed by atoms with Crippen molar-refractivity contribution in [2.24, 2.45) is 10.9 Å². The number of benzene rings is 1. The van der Waals surface area contributed by atoms with Gasteiger partial charge in [0.05, 0.1) is 10.6 Å². The number of amidine groups is 1. The highest BCUT2D eigenvalue weighted by Crippen LogP contribution is 2.32. The second-order valence-corrected chi connectivity index (χ2v) is 5.28. The number of nitrogens with zero attached hydrogens (tertiary/aromatic N) is 2. The maximum atomic E-state index is 8.94. The minimum Gasteiger partial charge on any atom is -0.409 e. The number of piperidine rings is 1. The van der Waals surface area contributed by atoms with Gasteiger partial charge < -0.3 is 15.8 Å². The average Bonchev–Trinajstić information content (AvgIpc) is 2.46. The molecule has 1 aliphatic rings. The molecule has 1 heterocycles. The Balaban J connectivity index is 2.46. The van der Waals surface area contributed by atoms with Gasteiger partial charge in [-0.3, -0.25) is 0 Å². The zero-order valence-electron chi connectivity index (χ0n) is 11.1. The van der Waals surface area contributed by atoms with E-state index in [9.17, 15) is 0 Å². The molecule has 1 atom stereocenters. The Hall–Kier alpha value is -1.42. The summed E-state index contributed by atoms with van der Waals surface area (Å²) in [6.07, 6.45) is 4.69. The van der Waals surface area contributed by atoms with Crippen LogP contribution in [-0.2, 0) is 0 Å². The first-order valence-corrected chi connectivity index (χ1v) is 7.09. The van der Waals surface area contributed by atoms with E-state index >= 15 is 0 Å². The van der Waals surface area contributed by atoms with Crippen LogP contribution in [0.15, 0.2) is 23.4 Å². The number of anilines is 1. The molecule has 1 fully saturated rings. The quantitative estimate of drug-likeness (QED) is 0.387. The molecule has 3 N–H and O–H groups in total. The fourth-order valence-electron chi connectivity index (χ4n) is 2.80. The molecule has 104 valence electrons. The molecule has 1 aromatic rings. The van der Waals surface area contributed by atoms with Crippen LogP contribution >= 0.6 is 11.6 Å². The van der Waals surface area contributed by atoms with Crippen molar-refractivity contribution >= 4 is 23.1 Å². The minimum absolute atomic E-state index is 0.0704. The Morgan fingerprint density at radius 3 is 3.00 bits per heavy atom. The lowest BCUT2D eigenvalue weighted by atomic mass is 9.97. The van der Waals surface area contributed by atoms with E-state index in [1.54, 1.807) is 6.07 Å². The van der Waals surface area contributed by atoms with Crippen molar-refractivity contribution in [3.8, 4) is 0 Å². The van der Waals surface area contributed by atoms with Gasteiger partial charge in [0.15, 0.2) is 5.84 Å². The third-order valence-corrected chi connectivity index (χ3v) is 4.08. The molecule has 0 radical (unpaired) electrons. The lowest BCUT2D eigenvalue weighted by molar-refractivity contribution is 0.318. The molecular formula is C14H20ClN3O. The van der Waals surface area contributed by atoms with E-state index in [1.165, 1.54) is 19.3 Å². The lowest BCUT2D eigenvalue weighted by Gasteiger charge is -2.38. The molecule has 4 nitrogen and oxygen atoms in total. The molecule has 0 spiro atoms. The first-order valence-electron chi connectivity index (χ1n) is 6.72. The van der Waals surface area contributed by atoms with Gasteiger partial charge in [0, 0.05) is 18.3 Å². The van der Waals surface area contributed by atoms with Gasteiger partial charge in [0.2, 0.25) is 0 Å². The molecular weight excluding hydrogens is 262 g/mol. The van der Waals surface area contributed by atoms with Gasteiger partial charge >= 0.3 is 0 Å². The van der Waals surface area contributed by atoms with Crippen molar-refractivity contribution in [3.05, 3.63) is 28.8 Å². The highest BCUT2D eigenvalue weighted by Gasteiger charge is 2.25. The van der Waals surface area contributed by atoms with Crippen LogP contribution in [0.1, 0.15) is 38.2 Å². The highest BCUT2D eigenvalue weighted by atomic mass is 35.5. The van der Waals surface area contributed by atoms with Crippen molar-refractivity contribution in [1.82, 2.24) is 0 Å². The Kier molecular flexibility index (Phi) is 4.53. The van der Waals surface area contributed by atoms with E-state index in [0.717, 1.165) is 18.7 Å². The van der Waals surface area contributed by atoms with E-state index in [0.29, 0.717) is 16.6 Å². The van der Waals surface area contributed by atoms with Crippen LogP contribution in [0.3, 0.4) is 0 Å². The summed E-state index contributed by atoms with van der Waals surface area (Å²) in [6, 6.07) is 6.17. The van der Waals surface area contributed by atoms with E-state index in [-0.39, 0.29) is 5.84 Å². The van der Waals surface area contributed by atoms with Gasteiger partial charge in [-0.25, -0.2) is 0 Å². The Morgan fingerprint density at radius 2 is 2.32 bits per heavy atom. The van der Waals surface area contributed by atoms with Gasteiger partial charge in [-0.05, 0) is 37.8 Å². The van der Waals surface area contributed by atoms with Crippen molar-refractivity contribution in [2.75, 3.05) is 11.4 Å². The molecule has 0 saturated carbocycles. The molecule has 2 rings (SSSR count). The van der Waals surface area contributed by atoms with Crippen molar-refractivity contribution in [3.63, 3.8) is 0 Å². The lowest BCUT2D eigenvalue weighted by Crippen LogP contribution is -2.40. The second kappa shape index (κ2) is 6.15. The van der Waals surface area contributed by atoms with Crippen LogP contribution in [0, 0.1) is 0 Å². The summed E-state index contributed by atoms with van der Waals surface area (Å²) in [7, 11) is 0. The van der Waals surface area contributed by atoms with Crippen molar-refractivity contribution in [1.29, 1.82) is 0 Å². The summed E-state index contributed by atoms with van der Waals surface area (Å²) in [5, 5.41) is 12.6. The van der Waals surface area contributed by atoms with Crippen LogP contribution in [0.2, 0.25) is 5.02 Å². The molecule has 1 unspecified atom stereocenters. The standard InChI is InChI=1S/C14H20ClN3O/c1-2-10-6-3-4-9-18(10)12-8-5-7-11(15)13(12)14(16)17-19/h5,7-8,10,19H,2-4,6,9H2,1H3,(H2,16,17). The smallest absolute Gasteiger partial charge is 0.173 e. The largest absolute Gasteiger partial charge is 0.409 e. The fraction of sp³-hybridized carbons (Fsp3) is 0.500. The number of halogens is 1. The molecule has 0 aromatic heterocycles. The number of rotatable bonds is 3. The Bertz CT molecular complexity index is 476. The van der Waals surface area contributed by atoms with Crippen LogP contribution in [0.5, 0.6) is 0 Å². The first-order chi connectivity index (χ1) is 9.19. The summed E-state index contributed by atoms with van der Waals surface area (Å²) < 4.78 is 0. The van der Waals surface area contributed by atoms with E-state index in [1.807, 2.05) is 12.1 Å². The molecule has 0 amide bonds. The normalized spacial score (nSPS) is 20.6. The number of oxime groups is 1. The minimum atomic E-state index is 0.0704. The molecule has 1 saturated heterocycles. The molecule has 19 heavy (non-hydrogen) atoms. The third-order valence-electron chi connectivity index (χ3n) is 3.76. The van der Waals surface area contributed by atoms with Crippen LogP contribution in [0.25, 0.3) is 0 Å². The molecule has 1 aromatic carbocycles. The van der Waals surface area contributed by atoms with Gasteiger partial charge in [0.1, 0.15) is 0 Å². The Labute approximate surface area is 118 Å². The number of hydrogen-bond acceptors (Lipinski definition) is 3. The maximum absolute atomic E-state index is 8.94. The SMILES string of the molecule is CCC1CCCCN1c1cccc(Cl)c1C(N)=NO. The molecule has 1 aliphatic heterocycles. The predicted octanol–water partition coefficient (Wildman–Crippen LogP) is 3.20. The fourth-order valence-corrected chi connectivity index (χ4v) is 3.06. The van der Waals surface area contributed by atoms with Gasteiger partial charge in [-0.2, -0.15) is 0 Å². The molecule has 0 aliphatic carbocycles. The Morgan fingerprint density at radius 1 is 1.53 bits per heavy atom. The summed E-state index contributed by atoms with van der Waals surface area (Å²) in [5.74, 6) is 0.0704. The predicted molar refractivity (Wildman–Crippen MR) is 79.2 cm³/mol. The van der Waals surface area contributed by atoms with Gasteiger partial charge in [-0.1, -0.05) is 29.7 Å². The van der Waals surface area contributed by atoms with Crippen LogP contribution in [-0.4, -0.2) is 23.6 Å². The molecule has 5 heteroatoms. The van der Waals surface area contributed by atoms with Crippen molar-refractivity contribution in [2.45, 2.75) is 38.6 Å². The number of hydrogen-bond donors (Lipinski definition) is 2. The van der Waals surface area contributed by atoms with Gasteiger partial charge in [0.25, 0.3) is 0 Å². The topological polar surface area (TPSA) is 61.8 Å². The second-order valence-electron chi connectivity index (χ2n) is 4.87. The summed E-state index contributed by atoms with van der Waals surface area (Å²) >= 11 is 6.21. The zero-order chi connectivity index (χ0) is 13.8. The third kappa shape index (κ3) is 2.78. The van der Waals surface area contributed by atoms with E-state index in [4.69, 9.17) is 22.5 Å². The average molecular weight is 282 g/mol.